The molecule has 0 spiro atoms. The average Bonchev–Trinajstić information content (AvgIpc) is 2.77. The molecule has 0 aliphatic carbocycles. The van der Waals surface area contributed by atoms with Crippen molar-refractivity contribution >= 4 is 21.6 Å². The van der Waals surface area contributed by atoms with E-state index in [-0.39, 0.29) is 11.7 Å². The number of nitrogens with one attached hydrogen (secondary N) is 1. The topological polar surface area (TPSA) is 69.2 Å². The van der Waals surface area contributed by atoms with Crippen LogP contribution >= 0.6 is 11.3 Å². The molecule has 0 bridgehead atoms. The van der Waals surface area contributed by atoms with Gasteiger partial charge in [0.15, 0.2) is 0 Å². The van der Waals surface area contributed by atoms with Crippen LogP contribution in [0.5, 0.6) is 0 Å². The minimum absolute atomic E-state index is 0.0671. The number of hydrogen-bond acceptors (Lipinski definition) is 5. The van der Waals surface area contributed by atoms with Crippen molar-refractivity contribution in [3.8, 4) is 0 Å². The van der Waals surface area contributed by atoms with Crippen LogP contribution in [0, 0.1) is 0 Å². The molecular formula is C12H15N3O2S. The summed E-state index contributed by atoms with van der Waals surface area (Å²) in [7, 11) is 0. The first-order valence-electron chi connectivity index (χ1n) is 6.09. The van der Waals surface area contributed by atoms with Gasteiger partial charge in [0, 0.05) is 6.54 Å². The summed E-state index contributed by atoms with van der Waals surface area (Å²) < 4.78 is 0.678. The zero-order valence-electron chi connectivity index (χ0n) is 9.93. The SMILES string of the molecule is O=c1[nH]c(CN2CCC[C@H](O)C2)nc2ccsc12. The van der Waals surface area contributed by atoms with Crippen molar-refractivity contribution in [2.24, 2.45) is 0 Å². The van der Waals surface area contributed by atoms with E-state index in [0.717, 1.165) is 24.9 Å². The molecule has 2 aromatic rings. The van der Waals surface area contributed by atoms with Crippen LogP contribution in [0.15, 0.2) is 16.2 Å². The fourth-order valence-corrected chi connectivity index (χ4v) is 3.11. The maximum Gasteiger partial charge on any atom is 0.268 e. The lowest BCUT2D eigenvalue weighted by molar-refractivity contribution is 0.0655. The molecule has 2 aromatic heterocycles. The van der Waals surface area contributed by atoms with Gasteiger partial charge in [-0.15, -0.1) is 11.3 Å². The van der Waals surface area contributed by atoms with Gasteiger partial charge >= 0.3 is 0 Å². The van der Waals surface area contributed by atoms with E-state index in [9.17, 15) is 9.90 Å². The molecule has 1 aliphatic heterocycles. The number of aromatic amines is 1. The maximum atomic E-state index is 11.8. The largest absolute Gasteiger partial charge is 0.392 e. The van der Waals surface area contributed by atoms with Gasteiger partial charge in [-0.3, -0.25) is 9.69 Å². The Labute approximate surface area is 108 Å². The Bertz CT molecular complexity index is 607. The van der Waals surface area contributed by atoms with Crippen LogP contribution < -0.4 is 5.56 Å². The number of aliphatic hydroxyl groups excluding tert-OH is 1. The van der Waals surface area contributed by atoms with Crippen molar-refractivity contribution in [1.29, 1.82) is 0 Å². The zero-order chi connectivity index (χ0) is 12.5. The summed E-state index contributed by atoms with van der Waals surface area (Å²) in [4.78, 5) is 21.2. The maximum absolute atomic E-state index is 11.8. The summed E-state index contributed by atoms with van der Waals surface area (Å²) in [5, 5.41) is 11.5. The minimum Gasteiger partial charge on any atom is -0.392 e. The molecule has 96 valence electrons. The summed E-state index contributed by atoms with van der Waals surface area (Å²) in [5.41, 5.74) is 0.693. The Morgan fingerprint density at radius 3 is 3.33 bits per heavy atom. The van der Waals surface area contributed by atoms with E-state index in [0.29, 0.717) is 23.6 Å². The highest BCUT2D eigenvalue weighted by Crippen LogP contribution is 2.15. The average molecular weight is 265 g/mol. The Hall–Kier alpha value is -1.24. The normalized spacial score (nSPS) is 21.5. The first kappa shape index (κ1) is 11.8. The van der Waals surface area contributed by atoms with Crippen LogP contribution in [0.1, 0.15) is 18.7 Å². The Kier molecular flexibility index (Phi) is 3.15. The number of H-pyrrole nitrogens is 1. The fraction of sp³-hybridized carbons (Fsp3) is 0.500. The van der Waals surface area contributed by atoms with Gasteiger partial charge in [0.25, 0.3) is 5.56 Å². The molecule has 0 saturated carbocycles. The van der Waals surface area contributed by atoms with Crippen LogP contribution in [0.4, 0.5) is 0 Å². The Balaban J connectivity index is 1.83. The van der Waals surface area contributed by atoms with E-state index in [2.05, 4.69) is 14.9 Å². The van der Waals surface area contributed by atoms with E-state index in [1.807, 2.05) is 11.4 Å². The molecule has 6 heteroatoms. The molecule has 0 unspecified atom stereocenters. The number of nitrogens with zero attached hydrogens (tertiary/aromatic N) is 2. The number of thiophene rings is 1. The Morgan fingerprint density at radius 2 is 2.50 bits per heavy atom. The van der Waals surface area contributed by atoms with Crippen LogP contribution in [0.3, 0.4) is 0 Å². The summed E-state index contributed by atoms with van der Waals surface area (Å²) >= 11 is 1.41. The van der Waals surface area contributed by atoms with Crippen molar-refractivity contribution in [3.63, 3.8) is 0 Å². The van der Waals surface area contributed by atoms with E-state index in [1.54, 1.807) is 0 Å². The summed E-state index contributed by atoms with van der Waals surface area (Å²) in [5.74, 6) is 0.681. The number of β-amino-alcohol motifs (C(OH)–C–C–N with tert-alkyl or cyclic N) is 1. The molecular weight excluding hydrogens is 250 g/mol. The summed E-state index contributed by atoms with van der Waals surface area (Å²) in [6.45, 7) is 2.20. The smallest absolute Gasteiger partial charge is 0.268 e. The van der Waals surface area contributed by atoms with Gasteiger partial charge in [-0.25, -0.2) is 4.98 Å². The number of likely N-dealkylation sites (tertiary alicyclic amines) is 1. The Morgan fingerprint density at radius 1 is 1.61 bits per heavy atom. The van der Waals surface area contributed by atoms with Gasteiger partial charge in [-0.05, 0) is 30.8 Å². The monoisotopic (exact) mass is 265 g/mol. The van der Waals surface area contributed by atoms with Crippen molar-refractivity contribution in [2.45, 2.75) is 25.5 Å². The van der Waals surface area contributed by atoms with E-state index in [4.69, 9.17) is 0 Å². The van der Waals surface area contributed by atoms with Crippen molar-refractivity contribution < 1.29 is 5.11 Å². The van der Waals surface area contributed by atoms with Crippen LogP contribution in [0.2, 0.25) is 0 Å². The van der Waals surface area contributed by atoms with Crippen LogP contribution in [-0.2, 0) is 6.54 Å². The molecule has 1 aliphatic rings. The van der Waals surface area contributed by atoms with Gasteiger partial charge in [-0.1, -0.05) is 0 Å². The third kappa shape index (κ3) is 2.31. The summed E-state index contributed by atoms with van der Waals surface area (Å²) in [6, 6.07) is 1.86. The van der Waals surface area contributed by atoms with Gasteiger partial charge in [0.05, 0.1) is 18.2 Å². The van der Waals surface area contributed by atoms with E-state index < -0.39 is 0 Å². The molecule has 5 nitrogen and oxygen atoms in total. The molecule has 3 heterocycles. The molecule has 1 saturated heterocycles. The number of rotatable bonds is 2. The molecule has 0 amide bonds. The third-order valence-corrected chi connectivity index (χ3v) is 4.12. The van der Waals surface area contributed by atoms with Crippen LogP contribution in [0.25, 0.3) is 10.2 Å². The molecule has 0 aromatic carbocycles. The molecule has 2 N–H and O–H groups in total. The molecule has 1 fully saturated rings. The first-order valence-corrected chi connectivity index (χ1v) is 6.97. The molecule has 1 atom stereocenters. The number of fused-ring (bicyclic) bond motifs is 1. The highest BCUT2D eigenvalue weighted by Gasteiger charge is 2.18. The first-order chi connectivity index (χ1) is 8.72. The van der Waals surface area contributed by atoms with Crippen molar-refractivity contribution in [2.75, 3.05) is 13.1 Å². The van der Waals surface area contributed by atoms with E-state index >= 15 is 0 Å². The number of piperidine rings is 1. The number of aliphatic hydroxyl groups is 1. The highest BCUT2D eigenvalue weighted by molar-refractivity contribution is 7.17. The lowest BCUT2D eigenvalue weighted by Gasteiger charge is -2.29. The molecule has 3 rings (SSSR count). The second-order valence-corrected chi connectivity index (χ2v) is 5.59. The number of hydrogen-bond donors (Lipinski definition) is 2. The number of aromatic nitrogens is 2. The zero-order valence-corrected chi connectivity index (χ0v) is 10.7. The van der Waals surface area contributed by atoms with E-state index in [1.165, 1.54) is 11.3 Å². The van der Waals surface area contributed by atoms with Crippen molar-refractivity contribution in [1.82, 2.24) is 14.9 Å². The minimum atomic E-state index is -0.254. The third-order valence-electron chi connectivity index (χ3n) is 3.22. The fourth-order valence-electron chi connectivity index (χ4n) is 2.38. The lowest BCUT2D eigenvalue weighted by Crippen LogP contribution is -2.38. The highest BCUT2D eigenvalue weighted by atomic mass is 32.1. The van der Waals surface area contributed by atoms with Gasteiger partial charge in [0.2, 0.25) is 0 Å². The summed E-state index contributed by atoms with van der Waals surface area (Å²) in [6.07, 6.45) is 1.60. The predicted octanol–water partition coefficient (Wildman–Crippen LogP) is 0.941. The second kappa shape index (κ2) is 4.79. The van der Waals surface area contributed by atoms with Gasteiger partial charge in [-0.2, -0.15) is 0 Å². The van der Waals surface area contributed by atoms with Crippen LogP contribution in [-0.4, -0.2) is 39.2 Å². The lowest BCUT2D eigenvalue weighted by atomic mass is 10.1. The standard InChI is InChI=1S/C12H15N3O2S/c16-8-2-1-4-15(6-8)7-10-13-9-3-5-18-11(9)12(17)14-10/h3,5,8,16H,1-2,4,6-7H2,(H,13,14,17)/t8-/m0/s1. The predicted molar refractivity (Wildman–Crippen MR) is 70.8 cm³/mol. The quantitative estimate of drug-likeness (QED) is 0.848. The molecule has 18 heavy (non-hydrogen) atoms. The second-order valence-electron chi connectivity index (χ2n) is 4.68. The van der Waals surface area contributed by atoms with Gasteiger partial charge in [0.1, 0.15) is 10.5 Å². The van der Waals surface area contributed by atoms with Crippen molar-refractivity contribution in [3.05, 3.63) is 27.6 Å². The van der Waals surface area contributed by atoms with Gasteiger partial charge < -0.3 is 10.1 Å². The molecule has 0 radical (unpaired) electrons.